The van der Waals surface area contributed by atoms with Crippen molar-refractivity contribution >= 4 is 23.2 Å². The van der Waals surface area contributed by atoms with E-state index in [0.717, 1.165) is 22.6 Å². The van der Waals surface area contributed by atoms with E-state index in [4.69, 9.17) is 0 Å². The second-order valence-corrected chi connectivity index (χ2v) is 5.95. The Bertz CT molecular complexity index is 801. The quantitative estimate of drug-likeness (QED) is 0.872. The zero-order valence-corrected chi connectivity index (χ0v) is 14.2. The van der Waals surface area contributed by atoms with Gasteiger partial charge in [0, 0.05) is 37.5 Å². The Balaban J connectivity index is 1.95. The van der Waals surface area contributed by atoms with Gasteiger partial charge in [0.25, 0.3) is 5.91 Å². The molecule has 0 bridgehead atoms. The summed E-state index contributed by atoms with van der Waals surface area (Å²) in [5.74, 6) is 0.0682. The smallest absolute Gasteiger partial charge is 0.258 e. The highest BCUT2D eigenvalue weighted by molar-refractivity contribution is 6.07. The van der Waals surface area contributed by atoms with Gasteiger partial charge in [0.1, 0.15) is 0 Å². The summed E-state index contributed by atoms with van der Waals surface area (Å²) in [6, 6.07) is 9.32. The highest BCUT2D eigenvalue weighted by Gasteiger charge is 2.24. The Labute approximate surface area is 141 Å². The van der Waals surface area contributed by atoms with Crippen molar-refractivity contribution in [2.24, 2.45) is 0 Å². The Morgan fingerprint density at radius 1 is 1.29 bits per heavy atom. The number of nitrogens with zero attached hydrogens (tertiary/aromatic N) is 3. The molecule has 2 aromatic rings. The van der Waals surface area contributed by atoms with E-state index < -0.39 is 0 Å². The van der Waals surface area contributed by atoms with Crippen molar-refractivity contribution in [3.8, 4) is 0 Å². The third-order valence-electron chi connectivity index (χ3n) is 4.50. The van der Waals surface area contributed by atoms with Gasteiger partial charge in [-0.3, -0.25) is 14.6 Å². The van der Waals surface area contributed by atoms with Gasteiger partial charge in [-0.05, 0) is 56.2 Å². The average molecular weight is 323 g/mol. The van der Waals surface area contributed by atoms with Crippen molar-refractivity contribution in [3.05, 3.63) is 53.3 Å². The minimum Gasteiger partial charge on any atom is -0.315 e. The number of hydrogen-bond donors (Lipinski definition) is 0. The Hall–Kier alpha value is -2.69. The predicted octanol–water partition coefficient (Wildman–Crippen LogP) is 2.97. The fourth-order valence-electron chi connectivity index (χ4n) is 3.13. The van der Waals surface area contributed by atoms with Crippen molar-refractivity contribution < 1.29 is 9.59 Å². The molecular weight excluding hydrogens is 302 g/mol. The van der Waals surface area contributed by atoms with E-state index in [9.17, 15) is 9.59 Å². The number of anilines is 2. The molecule has 124 valence electrons. The van der Waals surface area contributed by atoms with E-state index in [1.54, 1.807) is 29.1 Å². The van der Waals surface area contributed by atoms with Crippen molar-refractivity contribution in [1.29, 1.82) is 0 Å². The van der Waals surface area contributed by atoms with Crippen LogP contribution in [0.15, 0.2) is 36.5 Å². The topological polar surface area (TPSA) is 53.5 Å². The maximum Gasteiger partial charge on any atom is 0.258 e. The lowest BCUT2D eigenvalue weighted by Crippen LogP contribution is -2.33. The number of fused-ring (bicyclic) bond motifs is 1. The molecule has 0 radical (unpaired) electrons. The number of pyridine rings is 1. The first-order chi connectivity index (χ1) is 11.5. The Kier molecular flexibility index (Phi) is 4.34. The standard InChI is InChI=1S/C19H21N3O2/c1-4-22(16-6-5-11-20-13(16)2)19(24)15-7-9-17-14(12-15)8-10-18(23)21(17)3/h5-7,9,11-12H,4,8,10H2,1-3H3. The number of carbonyl (C=O) groups is 2. The highest BCUT2D eigenvalue weighted by atomic mass is 16.2. The summed E-state index contributed by atoms with van der Waals surface area (Å²) in [6.45, 7) is 4.43. The fraction of sp³-hybridized carbons (Fsp3) is 0.316. The number of hydrogen-bond acceptors (Lipinski definition) is 3. The van der Waals surface area contributed by atoms with Gasteiger partial charge >= 0.3 is 0 Å². The van der Waals surface area contributed by atoms with Crippen molar-refractivity contribution in [2.45, 2.75) is 26.7 Å². The molecule has 5 heteroatoms. The van der Waals surface area contributed by atoms with Crippen LogP contribution in [0, 0.1) is 6.92 Å². The minimum atomic E-state index is -0.0454. The van der Waals surface area contributed by atoms with E-state index in [0.29, 0.717) is 24.9 Å². The van der Waals surface area contributed by atoms with Gasteiger partial charge in [-0.2, -0.15) is 0 Å². The first-order valence-corrected chi connectivity index (χ1v) is 8.16. The molecule has 2 heterocycles. The Morgan fingerprint density at radius 3 is 2.79 bits per heavy atom. The van der Waals surface area contributed by atoms with Crippen LogP contribution >= 0.6 is 0 Å². The second kappa shape index (κ2) is 6.43. The molecule has 1 aliphatic rings. The van der Waals surface area contributed by atoms with Crippen molar-refractivity contribution in [3.63, 3.8) is 0 Å². The molecule has 0 fully saturated rings. The van der Waals surface area contributed by atoms with Gasteiger partial charge in [-0.1, -0.05) is 0 Å². The third-order valence-corrected chi connectivity index (χ3v) is 4.50. The molecule has 1 aromatic heterocycles. The normalized spacial score (nSPS) is 13.6. The van der Waals surface area contributed by atoms with E-state index in [1.165, 1.54) is 0 Å². The van der Waals surface area contributed by atoms with Crippen LogP contribution in [-0.4, -0.2) is 30.4 Å². The molecule has 24 heavy (non-hydrogen) atoms. The molecule has 5 nitrogen and oxygen atoms in total. The third kappa shape index (κ3) is 2.77. The molecule has 0 aliphatic carbocycles. The lowest BCUT2D eigenvalue weighted by atomic mass is 9.98. The summed E-state index contributed by atoms with van der Waals surface area (Å²) in [7, 11) is 1.78. The lowest BCUT2D eigenvalue weighted by molar-refractivity contribution is -0.118. The molecule has 3 rings (SSSR count). The molecular formula is C19H21N3O2. The molecule has 1 aliphatic heterocycles. The highest BCUT2D eigenvalue weighted by Crippen LogP contribution is 2.29. The number of aromatic nitrogens is 1. The van der Waals surface area contributed by atoms with Crippen LogP contribution in [0.25, 0.3) is 0 Å². The van der Waals surface area contributed by atoms with Crippen LogP contribution < -0.4 is 9.80 Å². The summed E-state index contributed by atoms with van der Waals surface area (Å²) >= 11 is 0. The molecule has 0 unspecified atom stereocenters. The fourth-order valence-corrected chi connectivity index (χ4v) is 3.13. The molecule has 2 amide bonds. The zero-order valence-electron chi connectivity index (χ0n) is 14.2. The number of benzene rings is 1. The number of amides is 2. The van der Waals surface area contributed by atoms with Gasteiger partial charge in [-0.15, -0.1) is 0 Å². The monoisotopic (exact) mass is 323 g/mol. The zero-order chi connectivity index (χ0) is 17.3. The molecule has 0 saturated heterocycles. The van der Waals surface area contributed by atoms with Gasteiger partial charge in [0.05, 0.1) is 11.4 Å². The SMILES string of the molecule is CCN(C(=O)c1ccc2c(c1)CCC(=O)N2C)c1cccnc1C. The summed E-state index contributed by atoms with van der Waals surface area (Å²) in [5.41, 5.74) is 4.23. The van der Waals surface area contributed by atoms with Gasteiger partial charge in [0.2, 0.25) is 5.91 Å². The number of rotatable bonds is 3. The van der Waals surface area contributed by atoms with E-state index in [2.05, 4.69) is 4.98 Å². The van der Waals surface area contributed by atoms with Gasteiger partial charge in [0.15, 0.2) is 0 Å². The Morgan fingerprint density at radius 2 is 2.08 bits per heavy atom. The van der Waals surface area contributed by atoms with Crippen LogP contribution in [0.2, 0.25) is 0 Å². The summed E-state index contributed by atoms with van der Waals surface area (Å²) in [5, 5.41) is 0. The average Bonchev–Trinajstić information content (AvgIpc) is 2.60. The maximum absolute atomic E-state index is 13.0. The van der Waals surface area contributed by atoms with Gasteiger partial charge in [-0.25, -0.2) is 0 Å². The number of aryl methyl sites for hydroxylation is 2. The van der Waals surface area contributed by atoms with E-state index in [1.807, 2.05) is 38.1 Å². The van der Waals surface area contributed by atoms with Crippen LogP contribution in [-0.2, 0) is 11.2 Å². The molecule has 1 aromatic carbocycles. The summed E-state index contributed by atoms with van der Waals surface area (Å²) in [4.78, 5) is 32.4. The van der Waals surface area contributed by atoms with E-state index in [-0.39, 0.29) is 11.8 Å². The van der Waals surface area contributed by atoms with Gasteiger partial charge < -0.3 is 9.80 Å². The molecule has 0 atom stereocenters. The largest absolute Gasteiger partial charge is 0.315 e. The van der Waals surface area contributed by atoms with Crippen LogP contribution in [0.1, 0.15) is 35.0 Å². The van der Waals surface area contributed by atoms with Crippen LogP contribution in [0.3, 0.4) is 0 Å². The molecule has 0 N–H and O–H groups in total. The van der Waals surface area contributed by atoms with Crippen molar-refractivity contribution in [1.82, 2.24) is 4.98 Å². The lowest BCUT2D eigenvalue weighted by Gasteiger charge is -2.27. The summed E-state index contributed by atoms with van der Waals surface area (Å²) < 4.78 is 0. The molecule has 0 saturated carbocycles. The molecule has 0 spiro atoms. The summed E-state index contributed by atoms with van der Waals surface area (Å²) in [6.07, 6.45) is 2.89. The van der Waals surface area contributed by atoms with Crippen LogP contribution in [0.4, 0.5) is 11.4 Å². The van der Waals surface area contributed by atoms with E-state index >= 15 is 0 Å². The maximum atomic E-state index is 13.0. The second-order valence-electron chi connectivity index (χ2n) is 5.95. The van der Waals surface area contributed by atoms with Crippen LogP contribution in [0.5, 0.6) is 0 Å². The first kappa shape index (κ1) is 16.2. The number of carbonyl (C=O) groups excluding carboxylic acids is 2. The first-order valence-electron chi connectivity index (χ1n) is 8.16. The minimum absolute atomic E-state index is 0.0454. The van der Waals surface area contributed by atoms with Crippen molar-refractivity contribution in [2.75, 3.05) is 23.4 Å². The predicted molar refractivity (Wildman–Crippen MR) is 94.5 cm³/mol.